The van der Waals surface area contributed by atoms with E-state index in [0.717, 1.165) is 0 Å². The van der Waals surface area contributed by atoms with Gasteiger partial charge < -0.3 is 13.7 Å². The minimum atomic E-state index is 1.17. The van der Waals surface area contributed by atoms with Crippen molar-refractivity contribution in [3.8, 4) is 83.8 Å². The van der Waals surface area contributed by atoms with Crippen molar-refractivity contribution in [1.29, 1.82) is 0 Å². The fraction of sp³-hybridized carbons (Fsp3) is 0. The van der Waals surface area contributed by atoms with Gasteiger partial charge in [-0.2, -0.15) is 0 Å². The van der Waals surface area contributed by atoms with E-state index in [1.54, 1.807) is 0 Å². The Balaban J connectivity index is 0.000000104. The second-order valence-electron chi connectivity index (χ2n) is 35.0. The summed E-state index contributed by atoms with van der Waals surface area (Å²) in [4.78, 5) is 0. The third-order valence-electron chi connectivity index (χ3n) is 27.8. The van der Waals surface area contributed by atoms with Crippen molar-refractivity contribution in [2.24, 2.45) is 0 Å². The molecule has 0 bridgehead atoms. The molecule has 0 spiro atoms. The highest BCUT2D eigenvalue weighted by Crippen LogP contribution is 2.54. The Kier molecular flexibility index (Phi) is 18.3. The van der Waals surface area contributed by atoms with Crippen LogP contribution in [-0.4, -0.2) is 13.7 Å². The standard InChI is InChI=1S/C46H29N.2C42H27N/c1-2-15-31(16-3-1)44-36-20-8-10-22-38(36)45(39-23-11-9-21-37(39)44)41-29-43-46(35-19-7-6-18-34(35)41)40-24-12-13-25-42(40)47(43)33-27-26-30-14-4-5-17-32(30)28-33;1-3-15-28(16-4-1)40-32-21-8-10-23-34(32)41(35-24-11-9-22-33(35)40)37-27-38-31-20-13-14-26-39(31)43(29-17-5-2-6-18-29)42(38)36-25-12-7-19-30(36)37;1-3-14-28(15-4-1)40-32-20-9-11-22-34(32)41(35-23-12-10-21-33(35)40)36-24-13-25-38-42(36)37-26-29-16-7-8-17-30(29)27-39(37)43(38)31-18-5-2-6-19-31/h1-29H;2*1-27H. The molecule has 0 unspecified atom stereocenters. The highest BCUT2D eigenvalue weighted by Gasteiger charge is 2.28. The summed E-state index contributed by atoms with van der Waals surface area (Å²) < 4.78 is 7.34. The molecule has 0 saturated carbocycles. The van der Waals surface area contributed by atoms with Crippen molar-refractivity contribution in [2.45, 2.75) is 0 Å². The second kappa shape index (κ2) is 31.8. The molecule has 0 aliphatic rings. The monoisotopic (exact) mass is 1690 g/mol. The number of fused-ring (bicyclic) bond motifs is 21. The summed E-state index contributed by atoms with van der Waals surface area (Å²) in [6.45, 7) is 0. The van der Waals surface area contributed by atoms with Crippen molar-refractivity contribution in [2.75, 3.05) is 0 Å². The molecule has 0 aliphatic heterocycles. The van der Waals surface area contributed by atoms with Crippen LogP contribution >= 0.6 is 0 Å². The molecule has 3 nitrogen and oxygen atoms in total. The highest BCUT2D eigenvalue weighted by molar-refractivity contribution is 6.33. The first-order valence-electron chi connectivity index (χ1n) is 46.0. The van der Waals surface area contributed by atoms with Gasteiger partial charge in [-0.15, -0.1) is 0 Å². The molecule has 0 aliphatic carbocycles. The summed E-state index contributed by atoms with van der Waals surface area (Å²) in [6.07, 6.45) is 0. The lowest BCUT2D eigenvalue weighted by Gasteiger charge is -2.19. The maximum atomic E-state index is 2.47. The van der Waals surface area contributed by atoms with E-state index in [1.165, 1.54) is 257 Å². The van der Waals surface area contributed by atoms with Crippen LogP contribution < -0.4 is 0 Å². The molecule has 0 radical (unpaired) electrons. The molecule has 3 heteroatoms. The predicted molar refractivity (Wildman–Crippen MR) is 570 cm³/mol. The fourth-order valence-electron chi connectivity index (χ4n) is 22.3. The van der Waals surface area contributed by atoms with Gasteiger partial charge in [-0.05, 0) is 248 Å². The van der Waals surface area contributed by atoms with Gasteiger partial charge in [0.05, 0.1) is 33.1 Å². The molecule has 28 aromatic rings. The van der Waals surface area contributed by atoms with E-state index in [1.807, 2.05) is 0 Å². The largest absolute Gasteiger partial charge is 0.309 e. The summed E-state index contributed by atoms with van der Waals surface area (Å²) >= 11 is 0. The summed E-state index contributed by atoms with van der Waals surface area (Å²) in [5.74, 6) is 0. The minimum Gasteiger partial charge on any atom is -0.309 e. The van der Waals surface area contributed by atoms with Gasteiger partial charge in [0, 0.05) is 54.8 Å². The first kappa shape index (κ1) is 76.7. The molecule has 3 heterocycles. The number of hydrogen-bond donors (Lipinski definition) is 0. The van der Waals surface area contributed by atoms with Crippen molar-refractivity contribution in [3.63, 3.8) is 0 Å². The molecule has 0 fully saturated rings. The van der Waals surface area contributed by atoms with Crippen LogP contribution in [0.2, 0.25) is 0 Å². The molecule has 28 rings (SSSR count). The SMILES string of the molecule is c1ccc(-c2c3ccccc3c(-c3cc4c(c5ccccc35)c3ccccc3n4-c3ccc4ccccc4c3)c3ccccc23)cc1.c1ccc(-c2c3ccccc3c(-c3cc4c5ccccc5n(-c5ccccc5)c4c4ccccc34)c3ccccc23)cc1.c1ccc(-c2c3ccccc3c(-c3cccc4c3c3cc5ccccc5cc3n4-c3ccccc3)c3ccccc23)cc1. The van der Waals surface area contributed by atoms with Gasteiger partial charge in [0.1, 0.15) is 0 Å². The van der Waals surface area contributed by atoms with Gasteiger partial charge in [-0.1, -0.05) is 425 Å². The van der Waals surface area contributed by atoms with Gasteiger partial charge >= 0.3 is 0 Å². The molecular formula is C130H83N3. The van der Waals surface area contributed by atoms with Gasteiger partial charge in [-0.25, -0.2) is 0 Å². The zero-order valence-electron chi connectivity index (χ0n) is 72.8. The second-order valence-corrected chi connectivity index (χ2v) is 35.0. The number of hydrogen-bond acceptors (Lipinski definition) is 0. The zero-order chi connectivity index (χ0) is 87.6. The van der Waals surface area contributed by atoms with Crippen molar-refractivity contribution in [3.05, 3.63) is 504 Å². The summed E-state index contributed by atoms with van der Waals surface area (Å²) in [7, 11) is 0. The first-order valence-corrected chi connectivity index (χ1v) is 46.0. The van der Waals surface area contributed by atoms with Crippen LogP contribution in [0, 0.1) is 0 Å². The van der Waals surface area contributed by atoms with Gasteiger partial charge in [-0.3, -0.25) is 0 Å². The number of aromatic nitrogens is 3. The lowest BCUT2D eigenvalue weighted by Crippen LogP contribution is -1.95. The van der Waals surface area contributed by atoms with Crippen LogP contribution in [0.15, 0.2) is 504 Å². The van der Waals surface area contributed by atoms with E-state index in [2.05, 4.69) is 517 Å². The quantitative estimate of drug-likeness (QED) is 0.128. The van der Waals surface area contributed by atoms with Crippen molar-refractivity contribution in [1.82, 2.24) is 13.7 Å². The van der Waals surface area contributed by atoms with Gasteiger partial charge in [0.25, 0.3) is 0 Å². The lowest BCUT2D eigenvalue weighted by molar-refractivity contribution is 1.18. The van der Waals surface area contributed by atoms with E-state index in [9.17, 15) is 0 Å². The normalized spacial score (nSPS) is 11.8. The number of rotatable bonds is 9. The number of nitrogens with zero attached hydrogens (tertiary/aromatic N) is 3. The lowest BCUT2D eigenvalue weighted by atomic mass is 9.84. The van der Waals surface area contributed by atoms with Gasteiger partial charge in [0.15, 0.2) is 0 Å². The van der Waals surface area contributed by atoms with E-state index in [-0.39, 0.29) is 0 Å². The summed E-state index contributed by atoms with van der Waals surface area (Å²) in [5.41, 5.74) is 26.1. The Morgan fingerprint density at radius 1 is 0.120 bits per heavy atom. The Bertz CT molecular complexity index is 9390. The number of para-hydroxylation sites is 4. The van der Waals surface area contributed by atoms with Gasteiger partial charge in [0.2, 0.25) is 0 Å². The van der Waals surface area contributed by atoms with Crippen molar-refractivity contribution < 1.29 is 0 Å². The summed E-state index contributed by atoms with van der Waals surface area (Å²) in [5, 5.41) is 33.0. The van der Waals surface area contributed by atoms with Crippen LogP contribution in [0.5, 0.6) is 0 Å². The molecule has 0 amide bonds. The van der Waals surface area contributed by atoms with Crippen molar-refractivity contribution >= 4 is 173 Å². The summed E-state index contributed by atoms with van der Waals surface area (Å²) in [6, 6.07) is 184. The smallest absolute Gasteiger partial charge is 0.0619 e. The van der Waals surface area contributed by atoms with E-state index < -0.39 is 0 Å². The molecule has 133 heavy (non-hydrogen) atoms. The maximum absolute atomic E-state index is 2.47. The van der Waals surface area contributed by atoms with Crippen LogP contribution in [-0.2, 0) is 0 Å². The molecule has 3 aromatic heterocycles. The zero-order valence-corrected chi connectivity index (χ0v) is 72.8. The highest BCUT2D eigenvalue weighted by atomic mass is 15.0. The predicted octanol–water partition coefficient (Wildman–Crippen LogP) is 35.9. The number of benzene rings is 25. The average molecular weight is 1690 g/mol. The van der Waals surface area contributed by atoms with E-state index in [4.69, 9.17) is 0 Å². The molecular weight excluding hydrogens is 1600 g/mol. The van der Waals surface area contributed by atoms with Crippen LogP contribution in [0.1, 0.15) is 0 Å². The topological polar surface area (TPSA) is 14.8 Å². The Morgan fingerprint density at radius 2 is 0.436 bits per heavy atom. The first-order chi connectivity index (χ1) is 66.1. The molecule has 0 atom stereocenters. The Hall–Kier alpha value is -17.5. The van der Waals surface area contributed by atoms with Crippen LogP contribution in [0.25, 0.3) is 257 Å². The minimum absolute atomic E-state index is 1.17. The van der Waals surface area contributed by atoms with Crippen LogP contribution in [0.4, 0.5) is 0 Å². The third-order valence-corrected chi connectivity index (χ3v) is 27.8. The fourth-order valence-corrected chi connectivity index (χ4v) is 22.3. The molecule has 0 saturated heterocycles. The molecule has 0 N–H and O–H groups in total. The van der Waals surface area contributed by atoms with E-state index in [0.29, 0.717) is 0 Å². The average Bonchev–Trinajstić information content (AvgIpc) is 1.69. The Morgan fingerprint density at radius 3 is 0.902 bits per heavy atom. The van der Waals surface area contributed by atoms with Crippen LogP contribution in [0.3, 0.4) is 0 Å². The molecule has 618 valence electrons. The third kappa shape index (κ3) is 12.4. The van der Waals surface area contributed by atoms with E-state index >= 15 is 0 Å². The maximum Gasteiger partial charge on any atom is 0.0619 e. The Labute approximate surface area is 768 Å². The molecule has 25 aromatic carbocycles.